The smallest absolute Gasteiger partial charge is 0.0517 e. The molecule has 0 amide bonds. The van der Waals surface area contributed by atoms with E-state index in [1.807, 2.05) is 11.3 Å². The Morgan fingerprint density at radius 2 is 2.00 bits per heavy atom. The van der Waals surface area contributed by atoms with Crippen LogP contribution in [-0.2, 0) is 6.42 Å². The quantitative estimate of drug-likeness (QED) is 0.545. The largest absolute Gasteiger partial charge is 0.144 e. The van der Waals surface area contributed by atoms with Gasteiger partial charge in [0.25, 0.3) is 0 Å². The highest BCUT2D eigenvalue weighted by Gasteiger charge is 2.19. The number of rotatable bonds is 7. The molecule has 2 atom stereocenters. The second-order valence-electron chi connectivity index (χ2n) is 4.37. The summed E-state index contributed by atoms with van der Waals surface area (Å²) in [6.07, 6.45) is 6.45. The highest BCUT2D eigenvalue weighted by molar-refractivity contribution is 9.09. The maximum Gasteiger partial charge on any atom is 0.0517 e. The van der Waals surface area contributed by atoms with Crippen molar-refractivity contribution < 1.29 is 0 Å². The van der Waals surface area contributed by atoms with E-state index in [1.54, 1.807) is 0 Å². The van der Waals surface area contributed by atoms with Crippen LogP contribution in [0.1, 0.15) is 61.0 Å². The highest BCUT2D eigenvalue weighted by atomic mass is 79.9. The van der Waals surface area contributed by atoms with E-state index in [-0.39, 0.29) is 0 Å². The summed E-state index contributed by atoms with van der Waals surface area (Å²) in [4.78, 5) is 3.58. The molecule has 1 heterocycles. The molecule has 16 heavy (non-hydrogen) atoms. The molecule has 0 aliphatic carbocycles. The van der Waals surface area contributed by atoms with Crippen LogP contribution >= 0.6 is 27.3 Å². The van der Waals surface area contributed by atoms with Crippen molar-refractivity contribution in [2.24, 2.45) is 5.92 Å². The zero-order valence-corrected chi connectivity index (χ0v) is 13.0. The van der Waals surface area contributed by atoms with Crippen LogP contribution in [0.25, 0.3) is 0 Å². The van der Waals surface area contributed by atoms with Crippen molar-refractivity contribution in [3.05, 3.63) is 21.9 Å². The third-order valence-electron chi connectivity index (χ3n) is 3.17. The minimum atomic E-state index is 0.564. The van der Waals surface area contributed by atoms with Crippen molar-refractivity contribution in [3.63, 3.8) is 0 Å². The maximum absolute atomic E-state index is 3.90. The van der Waals surface area contributed by atoms with E-state index in [1.165, 1.54) is 35.4 Å². The molecule has 0 aromatic carbocycles. The van der Waals surface area contributed by atoms with Gasteiger partial charge in [-0.25, -0.2) is 0 Å². The molecule has 0 radical (unpaired) electrons. The van der Waals surface area contributed by atoms with Crippen LogP contribution in [0.5, 0.6) is 0 Å². The van der Waals surface area contributed by atoms with Gasteiger partial charge in [0.05, 0.1) is 4.83 Å². The molecule has 0 bridgehead atoms. The zero-order valence-electron chi connectivity index (χ0n) is 10.6. The molecule has 0 saturated carbocycles. The predicted molar refractivity (Wildman–Crippen MR) is 78.7 cm³/mol. The molecular weight excluding hydrogens is 280 g/mol. The molecule has 0 saturated heterocycles. The monoisotopic (exact) mass is 302 g/mol. The molecule has 0 fully saturated rings. The van der Waals surface area contributed by atoms with E-state index in [4.69, 9.17) is 0 Å². The predicted octanol–water partition coefficient (Wildman–Crippen LogP) is 5.96. The normalized spacial score (nSPS) is 15.0. The van der Waals surface area contributed by atoms with Crippen LogP contribution in [0.15, 0.2) is 12.1 Å². The Morgan fingerprint density at radius 1 is 1.25 bits per heavy atom. The number of aryl methyl sites for hydroxylation is 1. The van der Waals surface area contributed by atoms with Crippen LogP contribution in [0.3, 0.4) is 0 Å². The fraction of sp³-hybridized carbons (Fsp3) is 0.714. The number of hydrogen-bond donors (Lipinski definition) is 0. The summed E-state index contributed by atoms with van der Waals surface area (Å²) < 4.78 is 0. The highest BCUT2D eigenvalue weighted by Crippen LogP contribution is 2.39. The van der Waals surface area contributed by atoms with Gasteiger partial charge in [0, 0.05) is 9.75 Å². The number of thiophene rings is 1. The SMILES string of the molecule is CCCCC(CC)C(Br)c1ccc(CC)s1. The summed E-state index contributed by atoms with van der Waals surface area (Å²) in [6.45, 7) is 6.81. The Bertz CT molecular complexity index is 293. The van der Waals surface area contributed by atoms with Gasteiger partial charge in [0.1, 0.15) is 0 Å². The van der Waals surface area contributed by atoms with Crippen molar-refractivity contribution >= 4 is 27.3 Å². The third kappa shape index (κ3) is 3.89. The lowest BCUT2D eigenvalue weighted by molar-refractivity contribution is 0.449. The summed E-state index contributed by atoms with van der Waals surface area (Å²) in [5, 5.41) is 0. The summed E-state index contributed by atoms with van der Waals surface area (Å²) in [6, 6.07) is 4.58. The Kier molecular flexibility index (Phi) is 6.67. The molecule has 1 aromatic rings. The molecule has 0 spiro atoms. The third-order valence-corrected chi connectivity index (χ3v) is 6.03. The molecule has 1 aromatic heterocycles. The van der Waals surface area contributed by atoms with Crippen LogP contribution in [0.2, 0.25) is 0 Å². The molecule has 0 aliphatic heterocycles. The van der Waals surface area contributed by atoms with E-state index in [2.05, 4.69) is 48.8 Å². The first-order valence-corrected chi connectivity index (χ1v) is 8.18. The Hall–Kier alpha value is 0.180. The van der Waals surface area contributed by atoms with Crippen molar-refractivity contribution in [1.29, 1.82) is 0 Å². The standard InChI is InChI=1S/C14H23BrS/c1-4-7-8-11(5-2)14(15)13-10-9-12(6-3)16-13/h9-11,14H,4-8H2,1-3H3. The van der Waals surface area contributed by atoms with Gasteiger partial charge in [0.2, 0.25) is 0 Å². The van der Waals surface area contributed by atoms with Gasteiger partial charge in [-0.15, -0.1) is 11.3 Å². The van der Waals surface area contributed by atoms with Crippen LogP contribution in [0, 0.1) is 5.92 Å². The van der Waals surface area contributed by atoms with Gasteiger partial charge < -0.3 is 0 Å². The van der Waals surface area contributed by atoms with Crippen molar-refractivity contribution in [3.8, 4) is 0 Å². The summed E-state index contributed by atoms with van der Waals surface area (Å²) in [7, 11) is 0. The van der Waals surface area contributed by atoms with Gasteiger partial charge in [0.15, 0.2) is 0 Å². The second kappa shape index (κ2) is 7.50. The van der Waals surface area contributed by atoms with E-state index < -0.39 is 0 Å². The fourth-order valence-electron chi connectivity index (χ4n) is 1.99. The minimum absolute atomic E-state index is 0.564. The van der Waals surface area contributed by atoms with Crippen LogP contribution < -0.4 is 0 Å². The first-order valence-electron chi connectivity index (χ1n) is 6.45. The minimum Gasteiger partial charge on any atom is -0.144 e. The molecule has 0 aliphatic rings. The molecule has 2 heteroatoms. The lowest BCUT2D eigenvalue weighted by atomic mass is 9.95. The molecule has 0 N–H and O–H groups in total. The van der Waals surface area contributed by atoms with Crippen LogP contribution in [-0.4, -0.2) is 0 Å². The van der Waals surface area contributed by atoms with Crippen molar-refractivity contribution in [2.75, 3.05) is 0 Å². The lowest BCUT2D eigenvalue weighted by Gasteiger charge is -2.19. The number of unbranched alkanes of at least 4 members (excludes halogenated alkanes) is 1. The summed E-state index contributed by atoms with van der Waals surface area (Å²) >= 11 is 5.87. The molecular formula is C14H23BrS. The Balaban J connectivity index is 2.62. The summed E-state index contributed by atoms with van der Waals surface area (Å²) in [5.41, 5.74) is 0. The Labute approximate surface area is 113 Å². The van der Waals surface area contributed by atoms with Gasteiger partial charge in [-0.05, 0) is 30.9 Å². The second-order valence-corrected chi connectivity index (χ2v) is 6.56. The average Bonchev–Trinajstić information content (AvgIpc) is 2.78. The lowest BCUT2D eigenvalue weighted by Crippen LogP contribution is -2.05. The van der Waals surface area contributed by atoms with E-state index in [9.17, 15) is 0 Å². The molecule has 2 unspecified atom stereocenters. The Morgan fingerprint density at radius 3 is 2.50 bits per heavy atom. The zero-order chi connectivity index (χ0) is 12.0. The first kappa shape index (κ1) is 14.2. The first-order chi connectivity index (χ1) is 7.72. The van der Waals surface area contributed by atoms with E-state index in [0.29, 0.717) is 4.83 Å². The number of alkyl halides is 1. The topological polar surface area (TPSA) is 0 Å². The molecule has 92 valence electrons. The van der Waals surface area contributed by atoms with Crippen molar-refractivity contribution in [2.45, 2.75) is 57.7 Å². The van der Waals surface area contributed by atoms with Crippen molar-refractivity contribution in [1.82, 2.24) is 0 Å². The van der Waals surface area contributed by atoms with Gasteiger partial charge in [-0.1, -0.05) is 56.0 Å². The van der Waals surface area contributed by atoms with Gasteiger partial charge in [-0.2, -0.15) is 0 Å². The average molecular weight is 303 g/mol. The van der Waals surface area contributed by atoms with Gasteiger partial charge >= 0.3 is 0 Å². The molecule has 1 rings (SSSR count). The number of hydrogen-bond acceptors (Lipinski definition) is 1. The molecule has 0 nitrogen and oxygen atoms in total. The van der Waals surface area contributed by atoms with Crippen LogP contribution in [0.4, 0.5) is 0 Å². The van der Waals surface area contributed by atoms with E-state index >= 15 is 0 Å². The van der Waals surface area contributed by atoms with Gasteiger partial charge in [-0.3, -0.25) is 0 Å². The maximum atomic E-state index is 3.90. The number of halogens is 1. The summed E-state index contributed by atoms with van der Waals surface area (Å²) in [5.74, 6) is 0.795. The fourth-order valence-corrected chi connectivity index (χ4v) is 4.08. The van der Waals surface area contributed by atoms with E-state index in [0.717, 1.165) is 12.3 Å².